The van der Waals surface area contributed by atoms with Crippen molar-refractivity contribution in [2.75, 3.05) is 13.7 Å². The molecule has 0 spiro atoms. The lowest BCUT2D eigenvalue weighted by molar-refractivity contribution is 0.175. The lowest BCUT2D eigenvalue weighted by Gasteiger charge is -2.25. The normalized spacial score (nSPS) is 13.8. The molecule has 4 heteroatoms. The fourth-order valence-electron chi connectivity index (χ4n) is 2.14. The van der Waals surface area contributed by atoms with Gasteiger partial charge in [0.15, 0.2) is 5.67 Å². The zero-order valence-corrected chi connectivity index (χ0v) is 12.9. The maximum atomic E-state index is 15.2. The van der Waals surface area contributed by atoms with Crippen molar-refractivity contribution >= 4 is 15.9 Å². The summed E-state index contributed by atoms with van der Waals surface area (Å²) >= 11 is 3.45. The summed E-state index contributed by atoms with van der Waals surface area (Å²) in [4.78, 5) is 0. The van der Waals surface area contributed by atoms with Gasteiger partial charge in [-0.3, -0.25) is 0 Å². The fraction of sp³-hybridized carbons (Fsp3) is 0.250. The number of alkyl halides is 1. The molecule has 0 saturated carbocycles. The first-order valence-electron chi connectivity index (χ1n) is 6.36. The molecule has 2 aromatic carbocycles. The Bertz CT molecular complexity index is 576. The van der Waals surface area contributed by atoms with Gasteiger partial charge in [0.1, 0.15) is 5.75 Å². The molecule has 1 atom stereocenters. The molecular weight excluding hydrogens is 321 g/mol. The topological polar surface area (TPSA) is 35.2 Å². The Morgan fingerprint density at radius 3 is 2.50 bits per heavy atom. The highest BCUT2D eigenvalue weighted by Gasteiger charge is 2.31. The number of hydrogen-bond donors (Lipinski definition) is 1. The lowest BCUT2D eigenvalue weighted by Crippen LogP contribution is -2.32. The van der Waals surface area contributed by atoms with Crippen LogP contribution in [-0.4, -0.2) is 13.7 Å². The molecule has 0 bridgehead atoms. The van der Waals surface area contributed by atoms with Gasteiger partial charge in [-0.05, 0) is 29.3 Å². The lowest BCUT2D eigenvalue weighted by atomic mass is 9.89. The van der Waals surface area contributed by atoms with E-state index in [2.05, 4.69) is 15.9 Å². The number of ether oxygens (including phenoxy) is 1. The fourth-order valence-corrected chi connectivity index (χ4v) is 2.53. The number of methoxy groups -OCH3 is 1. The first-order valence-corrected chi connectivity index (χ1v) is 7.15. The van der Waals surface area contributed by atoms with E-state index >= 15 is 4.39 Å². The molecule has 2 aromatic rings. The van der Waals surface area contributed by atoms with E-state index in [1.807, 2.05) is 36.4 Å². The van der Waals surface area contributed by atoms with Gasteiger partial charge in [0.25, 0.3) is 0 Å². The van der Waals surface area contributed by atoms with Gasteiger partial charge in [-0.25, -0.2) is 4.39 Å². The van der Waals surface area contributed by atoms with Crippen molar-refractivity contribution < 1.29 is 9.13 Å². The van der Waals surface area contributed by atoms with Crippen LogP contribution in [0.25, 0.3) is 0 Å². The minimum atomic E-state index is -1.59. The van der Waals surface area contributed by atoms with E-state index in [4.69, 9.17) is 10.5 Å². The standard InChI is InChI=1S/C16H17BrFNO/c1-20-14-7-8-15(17)12(9-14)10-16(18,11-19)13-5-3-2-4-6-13/h2-9H,10-11,19H2,1H3. The van der Waals surface area contributed by atoms with Crippen molar-refractivity contribution in [3.8, 4) is 5.75 Å². The Labute approximate surface area is 126 Å². The van der Waals surface area contributed by atoms with Crippen molar-refractivity contribution in [1.29, 1.82) is 0 Å². The first-order chi connectivity index (χ1) is 9.59. The van der Waals surface area contributed by atoms with Gasteiger partial charge < -0.3 is 10.5 Å². The van der Waals surface area contributed by atoms with Gasteiger partial charge >= 0.3 is 0 Å². The molecule has 0 aromatic heterocycles. The molecule has 0 amide bonds. The van der Waals surface area contributed by atoms with E-state index in [1.165, 1.54) is 0 Å². The van der Waals surface area contributed by atoms with Crippen LogP contribution in [0.4, 0.5) is 4.39 Å². The number of benzene rings is 2. The van der Waals surface area contributed by atoms with Crippen LogP contribution in [0.15, 0.2) is 53.0 Å². The second-order valence-electron chi connectivity index (χ2n) is 4.67. The van der Waals surface area contributed by atoms with E-state index in [9.17, 15) is 0 Å². The first kappa shape index (κ1) is 15.0. The van der Waals surface area contributed by atoms with Crippen molar-refractivity contribution in [2.24, 2.45) is 5.73 Å². The highest BCUT2D eigenvalue weighted by molar-refractivity contribution is 9.10. The molecule has 20 heavy (non-hydrogen) atoms. The van der Waals surface area contributed by atoms with Crippen LogP contribution in [0.3, 0.4) is 0 Å². The summed E-state index contributed by atoms with van der Waals surface area (Å²) in [6.07, 6.45) is 0.200. The Morgan fingerprint density at radius 2 is 1.90 bits per heavy atom. The van der Waals surface area contributed by atoms with Crippen LogP contribution in [0.5, 0.6) is 5.75 Å². The number of hydrogen-bond acceptors (Lipinski definition) is 2. The van der Waals surface area contributed by atoms with E-state index in [-0.39, 0.29) is 13.0 Å². The largest absolute Gasteiger partial charge is 0.497 e. The molecule has 0 saturated heterocycles. The summed E-state index contributed by atoms with van der Waals surface area (Å²) in [6, 6.07) is 14.6. The molecule has 1 unspecified atom stereocenters. The molecule has 0 aliphatic heterocycles. The Kier molecular flexibility index (Phi) is 4.78. The van der Waals surface area contributed by atoms with Crippen LogP contribution >= 0.6 is 15.9 Å². The van der Waals surface area contributed by atoms with Gasteiger partial charge in [-0.1, -0.05) is 46.3 Å². The third-order valence-electron chi connectivity index (χ3n) is 3.34. The second-order valence-corrected chi connectivity index (χ2v) is 5.52. The van der Waals surface area contributed by atoms with Crippen LogP contribution in [0.1, 0.15) is 11.1 Å². The molecule has 2 N–H and O–H groups in total. The third-order valence-corrected chi connectivity index (χ3v) is 4.11. The summed E-state index contributed by atoms with van der Waals surface area (Å²) in [5.41, 5.74) is 5.53. The molecule has 0 heterocycles. The van der Waals surface area contributed by atoms with Crippen LogP contribution in [-0.2, 0) is 12.1 Å². The maximum Gasteiger partial charge on any atom is 0.152 e. The summed E-state index contributed by atoms with van der Waals surface area (Å²) < 4.78 is 21.2. The van der Waals surface area contributed by atoms with E-state index in [0.29, 0.717) is 11.3 Å². The van der Waals surface area contributed by atoms with Gasteiger partial charge in [0.05, 0.1) is 7.11 Å². The Hall–Kier alpha value is -1.39. The molecule has 2 rings (SSSR count). The summed E-state index contributed by atoms with van der Waals surface area (Å²) in [7, 11) is 1.59. The van der Waals surface area contributed by atoms with E-state index in [1.54, 1.807) is 19.2 Å². The summed E-state index contributed by atoms with van der Waals surface area (Å²) in [6.45, 7) is -0.0688. The quantitative estimate of drug-likeness (QED) is 0.899. The predicted molar refractivity (Wildman–Crippen MR) is 82.7 cm³/mol. The number of nitrogens with two attached hydrogens (primary N) is 1. The number of rotatable bonds is 5. The average molecular weight is 338 g/mol. The van der Waals surface area contributed by atoms with Crippen LogP contribution in [0, 0.1) is 0 Å². The van der Waals surface area contributed by atoms with E-state index < -0.39 is 5.67 Å². The molecule has 0 aliphatic carbocycles. The van der Waals surface area contributed by atoms with Gasteiger partial charge in [-0.2, -0.15) is 0 Å². The summed E-state index contributed by atoms with van der Waals surface area (Å²) in [5.74, 6) is 0.704. The maximum absolute atomic E-state index is 15.2. The van der Waals surface area contributed by atoms with Crippen molar-refractivity contribution in [3.05, 3.63) is 64.1 Å². The molecule has 0 radical (unpaired) electrons. The Balaban J connectivity index is 2.35. The van der Waals surface area contributed by atoms with Crippen molar-refractivity contribution in [1.82, 2.24) is 0 Å². The SMILES string of the molecule is COc1ccc(Br)c(CC(F)(CN)c2ccccc2)c1. The molecule has 0 fully saturated rings. The minimum Gasteiger partial charge on any atom is -0.497 e. The highest BCUT2D eigenvalue weighted by Crippen LogP contribution is 2.33. The predicted octanol–water partition coefficient (Wildman–Crippen LogP) is 3.82. The van der Waals surface area contributed by atoms with Gasteiger partial charge in [-0.15, -0.1) is 0 Å². The number of halogens is 2. The minimum absolute atomic E-state index is 0.0688. The van der Waals surface area contributed by atoms with Gasteiger partial charge in [0, 0.05) is 17.4 Å². The molecule has 106 valence electrons. The summed E-state index contributed by atoms with van der Waals surface area (Å²) in [5, 5.41) is 0. The highest BCUT2D eigenvalue weighted by atomic mass is 79.9. The monoisotopic (exact) mass is 337 g/mol. The zero-order chi connectivity index (χ0) is 14.6. The molecular formula is C16H17BrFNO. The Morgan fingerprint density at radius 1 is 1.20 bits per heavy atom. The van der Waals surface area contributed by atoms with Gasteiger partial charge in [0.2, 0.25) is 0 Å². The zero-order valence-electron chi connectivity index (χ0n) is 11.3. The van der Waals surface area contributed by atoms with Crippen molar-refractivity contribution in [3.63, 3.8) is 0 Å². The average Bonchev–Trinajstić information content (AvgIpc) is 2.50. The third kappa shape index (κ3) is 3.19. The van der Waals surface area contributed by atoms with Crippen LogP contribution in [0.2, 0.25) is 0 Å². The molecule has 0 aliphatic rings. The van der Waals surface area contributed by atoms with E-state index in [0.717, 1.165) is 10.0 Å². The van der Waals surface area contributed by atoms with Crippen LogP contribution < -0.4 is 10.5 Å². The van der Waals surface area contributed by atoms with Crippen molar-refractivity contribution in [2.45, 2.75) is 12.1 Å². The second kappa shape index (κ2) is 6.37. The smallest absolute Gasteiger partial charge is 0.152 e. The molecule has 2 nitrogen and oxygen atoms in total.